The standard InChI is InChI=1S/C29H27N3/c1-16(2)20-9-7-10-21(17(3)4)26(20)29-31-27-22-11-6-8-18-12-13-19-14-30-15-23(25(19)24(18)22)28(27)32(29)5/h6-17H,1-5H3. The smallest absolute Gasteiger partial charge is 0.141 e. The van der Waals surface area contributed by atoms with Gasteiger partial charge in [0, 0.05) is 46.5 Å². The summed E-state index contributed by atoms with van der Waals surface area (Å²) >= 11 is 0. The van der Waals surface area contributed by atoms with Gasteiger partial charge in [-0.2, -0.15) is 0 Å². The highest BCUT2D eigenvalue weighted by Gasteiger charge is 2.23. The maximum absolute atomic E-state index is 5.35. The lowest BCUT2D eigenvalue weighted by molar-refractivity contribution is 0.828. The summed E-state index contributed by atoms with van der Waals surface area (Å²) in [7, 11) is 2.16. The zero-order valence-electron chi connectivity index (χ0n) is 19.3. The van der Waals surface area contributed by atoms with Crippen molar-refractivity contribution in [2.45, 2.75) is 39.5 Å². The number of benzene rings is 4. The SMILES string of the molecule is CC(C)c1cccc(C(C)C)c1-c1nc2c3cccc4ccc5cncc(c5c43)c2n1C. The first kappa shape index (κ1) is 19.2. The molecule has 3 heteroatoms. The number of nitrogens with zero attached hydrogens (tertiary/aromatic N) is 3. The topological polar surface area (TPSA) is 30.7 Å². The average Bonchev–Trinajstić information content (AvgIpc) is 3.14. The number of imidazole rings is 1. The van der Waals surface area contributed by atoms with Gasteiger partial charge in [-0.1, -0.05) is 76.2 Å². The van der Waals surface area contributed by atoms with Gasteiger partial charge in [-0.25, -0.2) is 4.98 Å². The maximum Gasteiger partial charge on any atom is 0.141 e. The van der Waals surface area contributed by atoms with Crippen LogP contribution in [0.15, 0.2) is 60.9 Å². The fourth-order valence-corrected chi connectivity index (χ4v) is 5.45. The van der Waals surface area contributed by atoms with E-state index in [1.165, 1.54) is 49.0 Å². The van der Waals surface area contributed by atoms with Gasteiger partial charge in [0.2, 0.25) is 0 Å². The van der Waals surface area contributed by atoms with Crippen molar-refractivity contribution in [3.8, 4) is 11.4 Å². The molecule has 0 aliphatic rings. The number of fused-ring (bicyclic) bond motifs is 3. The number of rotatable bonds is 3. The van der Waals surface area contributed by atoms with Crippen molar-refractivity contribution in [2.75, 3.05) is 0 Å². The van der Waals surface area contributed by atoms with Gasteiger partial charge in [-0.15, -0.1) is 0 Å². The van der Waals surface area contributed by atoms with Gasteiger partial charge in [0.1, 0.15) is 5.82 Å². The molecule has 32 heavy (non-hydrogen) atoms. The molecule has 0 spiro atoms. The summed E-state index contributed by atoms with van der Waals surface area (Å²) in [6.07, 6.45) is 3.99. The van der Waals surface area contributed by atoms with Crippen LogP contribution in [0, 0.1) is 0 Å². The minimum absolute atomic E-state index is 0.420. The molecular formula is C29H27N3. The van der Waals surface area contributed by atoms with Gasteiger partial charge in [0.05, 0.1) is 11.0 Å². The van der Waals surface area contributed by atoms with Crippen LogP contribution in [0.5, 0.6) is 0 Å². The largest absolute Gasteiger partial charge is 0.327 e. The number of pyridine rings is 1. The van der Waals surface area contributed by atoms with Crippen molar-refractivity contribution in [1.82, 2.24) is 14.5 Å². The van der Waals surface area contributed by atoms with Crippen LogP contribution in [0.25, 0.3) is 54.7 Å². The summed E-state index contributed by atoms with van der Waals surface area (Å²) in [6.45, 7) is 9.08. The van der Waals surface area contributed by atoms with Gasteiger partial charge in [-0.05, 0) is 33.7 Å². The van der Waals surface area contributed by atoms with Gasteiger partial charge in [0.15, 0.2) is 0 Å². The Morgan fingerprint density at radius 3 is 2.09 bits per heavy atom. The maximum atomic E-state index is 5.35. The molecule has 0 N–H and O–H groups in total. The molecule has 0 radical (unpaired) electrons. The van der Waals surface area contributed by atoms with Crippen LogP contribution < -0.4 is 0 Å². The van der Waals surface area contributed by atoms with Crippen LogP contribution in [0.2, 0.25) is 0 Å². The Labute approximate surface area is 188 Å². The predicted molar refractivity (Wildman–Crippen MR) is 136 cm³/mol. The molecule has 0 amide bonds. The van der Waals surface area contributed by atoms with E-state index in [1.807, 2.05) is 12.4 Å². The van der Waals surface area contributed by atoms with E-state index in [0.29, 0.717) is 11.8 Å². The molecule has 2 aromatic heterocycles. The summed E-state index contributed by atoms with van der Waals surface area (Å²) in [4.78, 5) is 9.95. The molecule has 2 heterocycles. The van der Waals surface area contributed by atoms with Crippen molar-refractivity contribution in [1.29, 1.82) is 0 Å². The van der Waals surface area contributed by atoms with Crippen molar-refractivity contribution in [3.63, 3.8) is 0 Å². The second-order valence-electron chi connectivity index (χ2n) is 9.57. The van der Waals surface area contributed by atoms with Gasteiger partial charge >= 0.3 is 0 Å². The molecule has 3 nitrogen and oxygen atoms in total. The Balaban J connectivity index is 1.85. The first-order valence-electron chi connectivity index (χ1n) is 11.5. The highest BCUT2D eigenvalue weighted by Crippen LogP contribution is 2.43. The van der Waals surface area contributed by atoms with Gasteiger partial charge in [0.25, 0.3) is 0 Å². The molecule has 4 aromatic carbocycles. The molecular weight excluding hydrogens is 390 g/mol. The Bertz CT molecular complexity index is 1610. The third-order valence-electron chi connectivity index (χ3n) is 6.97. The summed E-state index contributed by atoms with van der Waals surface area (Å²) in [5.74, 6) is 1.89. The van der Waals surface area contributed by atoms with E-state index >= 15 is 0 Å². The average molecular weight is 418 g/mol. The highest BCUT2D eigenvalue weighted by molar-refractivity contribution is 6.32. The van der Waals surface area contributed by atoms with Crippen LogP contribution in [0.3, 0.4) is 0 Å². The molecule has 0 aliphatic carbocycles. The van der Waals surface area contributed by atoms with Crippen LogP contribution in [0.1, 0.15) is 50.7 Å². The van der Waals surface area contributed by atoms with Gasteiger partial charge < -0.3 is 4.57 Å². The van der Waals surface area contributed by atoms with E-state index in [0.717, 1.165) is 16.9 Å². The number of aromatic nitrogens is 3. The molecule has 6 aromatic rings. The first-order chi connectivity index (χ1) is 15.5. The summed E-state index contributed by atoms with van der Waals surface area (Å²) in [5.41, 5.74) is 6.22. The fourth-order valence-electron chi connectivity index (χ4n) is 5.45. The van der Waals surface area contributed by atoms with Crippen LogP contribution in [-0.2, 0) is 7.05 Å². The summed E-state index contributed by atoms with van der Waals surface area (Å²) in [5, 5.41) is 7.41. The summed E-state index contributed by atoms with van der Waals surface area (Å²) < 4.78 is 2.30. The van der Waals surface area contributed by atoms with Gasteiger partial charge in [-0.3, -0.25) is 4.98 Å². The summed E-state index contributed by atoms with van der Waals surface area (Å²) in [6, 6.07) is 17.7. The Morgan fingerprint density at radius 1 is 0.719 bits per heavy atom. The zero-order chi connectivity index (χ0) is 22.1. The predicted octanol–water partition coefficient (Wildman–Crippen LogP) is 7.78. The Morgan fingerprint density at radius 2 is 1.38 bits per heavy atom. The second-order valence-corrected chi connectivity index (χ2v) is 9.57. The zero-order valence-corrected chi connectivity index (χ0v) is 19.3. The molecule has 0 saturated carbocycles. The quantitative estimate of drug-likeness (QED) is 0.275. The van der Waals surface area contributed by atoms with Crippen molar-refractivity contribution in [3.05, 3.63) is 72.1 Å². The third-order valence-corrected chi connectivity index (χ3v) is 6.97. The van der Waals surface area contributed by atoms with Crippen LogP contribution in [-0.4, -0.2) is 14.5 Å². The fraction of sp³-hybridized carbons (Fsp3) is 0.241. The molecule has 0 atom stereocenters. The van der Waals surface area contributed by atoms with E-state index in [4.69, 9.17) is 4.98 Å². The number of aryl methyl sites for hydroxylation is 1. The van der Waals surface area contributed by atoms with E-state index in [1.54, 1.807) is 0 Å². The van der Waals surface area contributed by atoms with E-state index in [-0.39, 0.29) is 0 Å². The van der Waals surface area contributed by atoms with Crippen LogP contribution in [0.4, 0.5) is 0 Å². The van der Waals surface area contributed by atoms with Crippen molar-refractivity contribution >= 4 is 43.4 Å². The molecule has 0 saturated heterocycles. The molecule has 0 unspecified atom stereocenters. The molecule has 0 bridgehead atoms. The second kappa shape index (κ2) is 6.77. The third kappa shape index (κ3) is 2.48. The minimum Gasteiger partial charge on any atom is -0.327 e. The van der Waals surface area contributed by atoms with Crippen LogP contribution >= 0.6 is 0 Å². The van der Waals surface area contributed by atoms with E-state index in [2.05, 4.69) is 92.8 Å². The highest BCUT2D eigenvalue weighted by atomic mass is 15.1. The van der Waals surface area contributed by atoms with E-state index in [9.17, 15) is 0 Å². The Hall–Kier alpha value is -3.46. The van der Waals surface area contributed by atoms with Crippen molar-refractivity contribution in [2.24, 2.45) is 7.05 Å². The lowest BCUT2D eigenvalue weighted by Crippen LogP contribution is -2.04. The number of hydrogen-bond acceptors (Lipinski definition) is 2. The van der Waals surface area contributed by atoms with E-state index < -0.39 is 0 Å². The molecule has 6 rings (SSSR count). The molecule has 158 valence electrons. The molecule has 0 aliphatic heterocycles. The minimum atomic E-state index is 0.420. The lowest BCUT2D eigenvalue weighted by Gasteiger charge is -2.19. The monoisotopic (exact) mass is 417 g/mol. The Kier molecular flexibility index (Phi) is 4.07. The van der Waals surface area contributed by atoms with Crippen molar-refractivity contribution < 1.29 is 0 Å². The lowest BCUT2D eigenvalue weighted by atomic mass is 9.88. The first-order valence-corrected chi connectivity index (χ1v) is 11.5. The number of hydrogen-bond donors (Lipinski definition) is 0. The normalized spacial score (nSPS) is 12.5. The molecule has 0 fully saturated rings.